The molecule has 3 atom stereocenters. The van der Waals surface area contributed by atoms with Gasteiger partial charge < -0.3 is 15.0 Å². The molecule has 3 aromatic rings. The zero-order valence-corrected chi connectivity index (χ0v) is 24.1. The number of amides is 1. The van der Waals surface area contributed by atoms with Crippen LogP contribution in [0.4, 0.5) is 5.69 Å². The largest absolute Gasteiger partial charge is 0.383 e. The Balaban J connectivity index is 1.44. The monoisotopic (exact) mass is 558 g/mol. The molecule has 1 aliphatic carbocycles. The van der Waals surface area contributed by atoms with Crippen LogP contribution >= 0.6 is 0 Å². The van der Waals surface area contributed by atoms with Gasteiger partial charge in [-0.15, -0.1) is 0 Å². The summed E-state index contributed by atoms with van der Waals surface area (Å²) in [6.07, 6.45) is 9.56. The van der Waals surface area contributed by atoms with E-state index in [-0.39, 0.29) is 35.5 Å². The first-order valence-corrected chi connectivity index (χ1v) is 14.8. The number of ether oxygens (including phenoxy) is 1. The zero-order chi connectivity index (χ0) is 28.7. The molecule has 10 nitrogen and oxygen atoms in total. The van der Waals surface area contributed by atoms with Gasteiger partial charge in [0, 0.05) is 61.3 Å². The third kappa shape index (κ3) is 5.14. The number of nitrogens with zero attached hydrogens (tertiary/aromatic N) is 5. The molecule has 10 heteroatoms. The van der Waals surface area contributed by atoms with E-state index in [2.05, 4.69) is 20.4 Å². The van der Waals surface area contributed by atoms with Gasteiger partial charge in [-0.25, -0.2) is 9.97 Å². The number of aryl methyl sites for hydroxylation is 1. The number of nitrogens with one attached hydrogen (secondary N) is 1. The van der Waals surface area contributed by atoms with Crippen molar-refractivity contribution in [2.24, 2.45) is 5.41 Å². The van der Waals surface area contributed by atoms with Crippen molar-refractivity contribution in [3.63, 3.8) is 0 Å². The first-order valence-electron chi connectivity index (χ1n) is 14.8. The standard InChI is InChI=1S/C31H38N6O4/c1-4-26(39)25-13-31-14-27(31)37(25)28(40)17-36-30-23(29(35-36)19(2)38)11-21(22-15-33-20(3)34-16-22)12-24(30)32-9-7-5-6-8-10-41-18-31/h11-12,15-16,25,27,32H,4-10,13-14,17-18H2,1-3H3/t25-,27+,31-/m0/s1. The maximum atomic E-state index is 14.0. The van der Waals surface area contributed by atoms with Crippen LogP contribution in [-0.4, -0.2) is 74.0 Å². The highest BCUT2D eigenvalue weighted by molar-refractivity contribution is 6.09. The first kappa shape index (κ1) is 27.5. The number of hydrogen-bond donors (Lipinski definition) is 1. The summed E-state index contributed by atoms with van der Waals surface area (Å²) in [5, 5.41) is 8.94. The van der Waals surface area contributed by atoms with Gasteiger partial charge in [0.1, 0.15) is 18.1 Å². The van der Waals surface area contributed by atoms with Gasteiger partial charge in [-0.1, -0.05) is 19.8 Å². The Hall–Kier alpha value is -3.66. The number of benzene rings is 1. The van der Waals surface area contributed by atoms with Gasteiger partial charge in [0.05, 0.1) is 23.9 Å². The molecule has 0 spiro atoms. The Morgan fingerprint density at radius 3 is 2.63 bits per heavy atom. The van der Waals surface area contributed by atoms with Gasteiger partial charge in [0.25, 0.3) is 0 Å². The van der Waals surface area contributed by atoms with Crippen LogP contribution in [0.3, 0.4) is 0 Å². The molecular weight excluding hydrogens is 520 g/mol. The number of aromatic nitrogens is 4. The summed E-state index contributed by atoms with van der Waals surface area (Å²) in [4.78, 5) is 50.3. The minimum absolute atomic E-state index is 0.00558. The second-order valence-corrected chi connectivity index (χ2v) is 11.8. The fourth-order valence-electron chi connectivity index (χ4n) is 6.63. The van der Waals surface area contributed by atoms with E-state index in [0.717, 1.165) is 55.5 Å². The van der Waals surface area contributed by atoms with Crippen molar-refractivity contribution in [1.82, 2.24) is 24.6 Å². The summed E-state index contributed by atoms with van der Waals surface area (Å²) in [5.41, 5.74) is 3.41. The van der Waals surface area contributed by atoms with E-state index in [1.165, 1.54) is 6.92 Å². The Bertz CT molecular complexity index is 1500. The Morgan fingerprint density at radius 1 is 1.10 bits per heavy atom. The number of ketones is 2. The van der Waals surface area contributed by atoms with Crippen molar-refractivity contribution in [2.75, 3.05) is 25.1 Å². The van der Waals surface area contributed by atoms with Crippen LogP contribution in [0.25, 0.3) is 22.0 Å². The molecule has 1 saturated carbocycles. The molecule has 2 bridgehead atoms. The average molecular weight is 559 g/mol. The van der Waals surface area contributed by atoms with Gasteiger partial charge in [-0.05, 0) is 50.3 Å². The molecule has 6 rings (SSSR count). The van der Waals surface area contributed by atoms with Crippen molar-refractivity contribution in [2.45, 2.75) is 84.3 Å². The number of rotatable bonds is 4. The van der Waals surface area contributed by atoms with E-state index < -0.39 is 6.04 Å². The van der Waals surface area contributed by atoms with Crippen LogP contribution in [0.5, 0.6) is 0 Å². The van der Waals surface area contributed by atoms with E-state index >= 15 is 0 Å². The van der Waals surface area contributed by atoms with Crippen molar-refractivity contribution in [1.29, 1.82) is 0 Å². The second kappa shape index (κ2) is 11.0. The van der Waals surface area contributed by atoms with Crippen LogP contribution in [0, 0.1) is 12.3 Å². The molecule has 3 aliphatic rings. The van der Waals surface area contributed by atoms with Crippen LogP contribution in [0.1, 0.15) is 75.1 Å². The lowest BCUT2D eigenvalue weighted by molar-refractivity contribution is -0.139. The number of carbonyl (C=O) groups excluding carboxylic acids is 3. The Kier molecular flexibility index (Phi) is 7.36. The lowest BCUT2D eigenvalue weighted by Gasteiger charge is -2.26. The smallest absolute Gasteiger partial charge is 0.245 e. The van der Waals surface area contributed by atoms with Gasteiger partial charge in [0.15, 0.2) is 11.6 Å². The molecule has 2 aromatic heterocycles. The quantitative estimate of drug-likeness (QED) is 0.470. The summed E-state index contributed by atoms with van der Waals surface area (Å²) in [5.74, 6) is 0.443. The number of anilines is 1. The second-order valence-electron chi connectivity index (χ2n) is 11.8. The molecule has 1 N–H and O–H groups in total. The van der Waals surface area contributed by atoms with Crippen molar-refractivity contribution >= 4 is 34.1 Å². The molecule has 216 valence electrons. The fraction of sp³-hybridized carbons (Fsp3) is 0.548. The lowest BCUT2D eigenvalue weighted by atomic mass is 9.97. The Morgan fingerprint density at radius 2 is 1.88 bits per heavy atom. The molecule has 41 heavy (non-hydrogen) atoms. The summed E-state index contributed by atoms with van der Waals surface area (Å²) in [7, 11) is 0. The molecule has 1 amide bonds. The minimum atomic E-state index is -0.437. The average Bonchev–Trinajstić information content (AvgIpc) is 3.36. The van der Waals surface area contributed by atoms with Gasteiger partial charge >= 0.3 is 0 Å². The number of hydrogen-bond acceptors (Lipinski definition) is 8. The number of carbonyl (C=O) groups is 3. The van der Waals surface area contributed by atoms with E-state index in [1.54, 1.807) is 22.0 Å². The highest BCUT2D eigenvalue weighted by atomic mass is 16.5. The van der Waals surface area contributed by atoms with E-state index in [0.29, 0.717) is 48.5 Å². The van der Waals surface area contributed by atoms with Crippen molar-refractivity contribution in [3.8, 4) is 11.1 Å². The maximum Gasteiger partial charge on any atom is 0.245 e. The van der Waals surface area contributed by atoms with E-state index in [1.807, 2.05) is 26.0 Å². The Labute approximate surface area is 239 Å². The summed E-state index contributed by atoms with van der Waals surface area (Å²) < 4.78 is 7.74. The predicted octanol–water partition coefficient (Wildman–Crippen LogP) is 4.35. The molecule has 2 aliphatic heterocycles. The van der Waals surface area contributed by atoms with Crippen LogP contribution in [-0.2, 0) is 20.9 Å². The number of piperidine rings is 1. The normalized spacial score (nSPS) is 25.0. The van der Waals surface area contributed by atoms with Crippen molar-refractivity contribution < 1.29 is 19.1 Å². The van der Waals surface area contributed by atoms with E-state index in [4.69, 9.17) is 4.74 Å². The first-order chi connectivity index (χ1) is 19.8. The topological polar surface area (TPSA) is 119 Å². The molecule has 0 radical (unpaired) electrons. The van der Waals surface area contributed by atoms with Crippen molar-refractivity contribution in [3.05, 3.63) is 36.0 Å². The molecule has 4 heterocycles. The lowest BCUT2D eigenvalue weighted by Crippen LogP contribution is -2.44. The molecular formula is C31H38N6O4. The summed E-state index contributed by atoms with van der Waals surface area (Å²) in [6, 6.07) is 3.53. The molecule has 1 saturated heterocycles. The molecule has 0 unspecified atom stereocenters. The van der Waals surface area contributed by atoms with Gasteiger partial charge in [0.2, 0.25) is 5.91 Å². The molecule has 2 fully saturated rings. The van der Waals surface area contributed by atoms with E-state index in [9.17, 15) is 14.4 Å². The summed E-state index contributed by atoms with van der Waals surface area (Å²) in [6.45, 7) is 7.17. The summed E-state index contributed by atoms with van der Waals surface area (Å²) >= 11 is 0. The maximum absolute atomic E-state index is 14.0. The molecule has 1 aromatic carbocycles. The van der Waals surface area contributed by atoms with Crippen LogP contribution in [0.15, 0.2) is 24.5 Å². The number of Topliss-reactive ketones (excluding diaryl/α,β-unsaturated/α-hetero) is 2. The fourth-order valence-corrected chi connectivity index (χ4v) is 6.63. The predicted molar refractivity (Wildman–Crippen MR) is 155 cm³/mol. The van der Waals surface area contributed by atoms with Crippen LogP contribution in [0.2, 0.25) is 0 Å². The highest BCUT2D eigenvalue weighted by Gasteiger charge is 2.66. The van der Waals surface area contributed by atoms with Gasteiger partial charge in [-0.2, -0.15) is 5.10 Å². The van der Waals surface area contributed by atoms with Gasteiger partial charge in [-0.3, -0.25) is 19.1 Å². The minimum Gasteiger partial charge on any atom is -0.383 e. The SMILES string of the molecule is CCC(=O)[C@@H]1C[C@]23COCCCCCCNc4cc(-c5cnc(C)nc5)cc5c(C(C)=O)nn(c45)CC(=O)N1[C@@H]2C3. The third-order valence-electron chi connectivity index (χ3n) is 8.92. The zero-order valence-electron chi connectivity index (χ0n) is 24.1. The highest BCUT2D eigenvalue weighted by Crippen LogP contribution is 2.60. The van der Waals surface area contributed by atoms with Crippen LogP contribution < -0.4 is 5.32 Å². The third-order valence-corrected chi connectivity index (χ3v) is 8.92.